The Morgan fingerprint density at radius 1 is 1.23 bits per heavy atom. The molecule has 0 bridgehead atoms. The van der Waals surface area contributed by atoms with Crippen LogP contribution in [0.4, 0.5) is 18.9 Å². The first kappa shape index (κ1) is 22.6. The van der Waals surface area contributed by atoms with Crippen LogP contribution in [0.1, 0.15) is 18.1 Å². The molecule has 2 amide bonds. The molecule has 6 nitrogen and oxygen atoms in total. The smallest absolute Gasteiger partial charge is 0.416 e. The molecule has 1 atom stereocenters. The molecule has 1 heterocycles. The summed E-state index contributed by atoms with van der Waals surface area (Å²) < 4.78 is 38.7. The van der Waals surface area contributed by atoms with Gasteiger partial charge in [0.25, 0.3) is 5.91 Å². The maximum atomic E-state index is 12.9. The van der Waals surface area contributed by atoms with Gasteiger partial charge < -0.3 is 15.5 Å². The molecule has 0 spiro atoms. The molecule has 2 aromatic carbocycles. The lowest BCUT2D eigenvalue weighted by Gasteiger charge is -2.22. The van der Waals surface area contributed by atoms with Gasteiger partial charge in [-0.15, -0.1) is 0 Å². The Kier molecular flexibility index (Phi) is 6.27. The number of amides is 2. The Hall–Kier alpha value is -3.05. The van der Waals surface area contributed by atoms with Gasteiger partial charge in [-0.25, -0.2) is 0 Å². The third kappa shape index (κ3) is 5.00. The molecular formula is C20H15F3N2O4S2. The van der Waals surface area contributed by atoms with Crippen LogP contribution in [0.2, 0.25) is 0 Å². The number of carbonyl (C=O) groups is 2. The highest BCUT2D eigenvalue weighted by atomic mass is 32.2. The normalized spacial score (nSPS) is 16.6. The van der Waals surface area contributed by atoms with Crippen molar-refractivity contribution in [1.29, 1.82) is 0 Å². The number of alkyl halides is 3. The van der Waals surface area contributed by atoms with Crippen LogP contribution in [0.25, 0.3) is 6.08 Å². The van der Waals surface area contributed by atoms with E-state index in [0.29, 0.717) is 0 Å². The van der Waals surface area contributed by atoms with Crippen LogP contribution in [-0.2, 0) is 15.8 Å². The Labute approximate surface area is 184 Å². The number of hydrogen-bond acceptors (Lipinski definition) is 6. The molecule has 1 aliphatic heterocycles. The Balaban J connectivity index is 1.78. The van der Waals surface area contributed by atoms with Crippen molar-refractivity contribution in [3.8, 4) is 11.5 Å². The number of rotatable bonds is 4. The number of phenols is 2. The van der Waals surface area contributed by atoms with Crippen LogP contribution in [0, 0.1) is 0 Å². The molecule has 1 saturated heterocycles. The molecule has 11 heteroatoms. The first-order valence-electron chi connectivity index (χ1n) is 8.74. The van der Waals surface area contributed by atoms with Crippen LogP contribution < -0.4 is 5.32 Å². The van der Waals surface area contributed by atoms with Crippen molar-refractivity contribution >= 4 is 51.9 Å². The van der Waals surface area contributed by atoms with Crippen molar-refractivity contribution in [2.24, 2.45) is 0 Å². The molecule has 0 saturated carbocycles. The molecule has 0 radical (unpaired) electrons. The monoisotopic (exact) mass is 468 g/mol. The molecule has 1 fully saturated rings. The van der Waals surface area contributed by atoms with Crippen LogP contribution in [0.5, 0.6) is 11.5 Å². The average Bonchev–Trinajstić information content (AvgIpc) is 2.96. The number of benzene rings is 2. The van der Waals surface area contributed by atoms with E-state index < -0.39 is 29.6 Å². The summed E-state index contributed by atoms with van der Waals surface area (Å²) in [7, 11) is 0. The lowest BCUT2D eigenvalue weighted by atomic mass is 10.1. The first-order chi connectivity index (χ1) is 14.5. The molecule has 1 aliphatic rings. The van der Waals surface area contributed by atoms with E-state index in [-0.39, 0.29) is 32.0 Å². The first-order valence-corrected chi connectivity index (χ1v) is 9.97. The Bertz CT molecular complexity index is 1100. The zero-order valence-electron chi connectivity index (χ0n) is 15.8. The van der Waals surface area contributed by atoms with Crippen LogP contribution in [-0.4, -0.2) is 37.3 Å². The summed E-state index contributed by atoms with van der Waals surface area (Å²) in [6, 6.07) is 6.89. The number of phenolic OH excluding ortho intramolecular Hbond substituents is 2. The Morgan fingerprint density at radius 3 is 2.58 bits per heavy atom. The predicted octanol–water partition coefficient (Wildman–Crippen LogP) is 4.35. The number of aromatic hydroxyl groups is 2. The third-order valence-corrected chi connectivity index (χ3v) is 5.68. The molecule has 3 rings (SSSR count). The standard InChI is InChI=1S/C20H15F3N2O4S2/c1-10(17(28)24-13-4-2-3-12(8-13)20(21,22)23)25-18(29)16(31-19(25)30)7-11-5-6-14(26)9-15(11)27/h2-10,26-27H,1H3,(H,24,28)/b16-7-. The van der Waals surface area contributed by atoms with E-state index >= 15 is 0 Å². The zero-order chi connectivity index (χ0) is 22.9. The second kappa shape index (κ2) is 8.60. The van der Waals surface area contributed by atoms with Crippen LogP contribution >= 0.6 is 24.0 Å². The van der Waals surface area contributed by atoms with Gasteiger partial charge in [0.2, 0.25) is 5.91 Å². The number of nitrogens with one attached hydrogen (secondary N) is 1. The second-order valence-electron chi connectivity index (χ2n) is 6.54. The molecular weight excluding hydrogens is 453 g/mol. The van der Waals surface area contributed by atoms with Gasteiger partial charge in [-0.2, -0.15) is 13.2 Å². The second-order valence-corrected chi connectivity index (χ2v) is 8.21. The zero-order valence-corrected chi connectivity index (χ0v) is 17.4. The van der Waals surface area contributed by atoms with Gasteiger partial charge >= 0.3 is 6.18 Å². The van der Waals surface area contributed by atoms with Gasteiger partial charge in [0.1, 0.15) is 21.9 Å². The SMILES string of the molecule is CC(C(=O)Nc1cccc(C(F)(F)F)c1)N1C(=O)/C(=C/c2ccc(O)cc2O)SC1=S. The number of nitrogens with zero attached hydrogens (tertiary/aromatic N) is 1. The molecule has 162 valence electrons. The van der Waals surface area contributed by atoms with Crippen molar-refractivity contribution in [3.63, 3.8) is 0 Å². The van der Waals surface area contributed by atoms with E-state index in [1.165, 1.54) is 31.2 Å². The van der Waals surface area contributed by atoms with Gasteiger partial charge in [-0.3, -0.25) is 14.5 Å². The fourth-order valence-electron chi connectivity index (χ4n) is 2.75. The minimum Gasteiger partial charge on any atom is -0.508 e. The maximum absolute atomic E-state index is 12.9. The number of carbonyl (C=O) groups excluding carboxylic acids is 2. The van der Waals surface area contributed by atoms with Crippen molar-refractivity contribution < 1.29 is 33.0 Å². The van der Waals surface area contributed by atoms with Gasteiger partial charge in [0.05, 0.1) is 10.5 Å². The molecule has 3 N–H and O–H groups in total. The number of thioether (sulfide) groups is 1. The van der Waals surface area contributed by atoms with Crippen LogP contribution in [0.3, 0.4) is 0 Å². The number of anilines is 1. The van der Waals surface area contributed by atoms with Crippen molar-refractivity contribution in [1.82, 2.24) is 4.90 Å². The van der Waals surface area contributed by atoms with Crippen molar-refractivity contribution in [2.45, 2.75) is 19.1 Å². The highest BCUT2D eigenvalue weighted by Crippen LogP contribution is 2.36. The van der Waals surface area contributed by atoms with E-state index in [2.05, 4.69) is 5.32 Å². The quantitative estimate of drug-likeness (QED) is 0.457. The highest BCUT2D eigenvalue weighted by Gasteiger charge is 2.38. The van der Waals surface area contributed by atoms with Crippen molar-refractivity contribution in [2.75, 3.05) is 5.32 Å². The van der Waals surface area contributed by atoms with E-state index in [4.69, 9.17) is 12.2 Å². The van der Waals surface area contributed by atoms with Crippen molar-refractivity contribution in [3.05, 3.63) is 58.5 Å². The van der Waals surface area contributed by atoms with Gasteiger partial charge in [0.15, 0.2) is 0 Å². The summed E-state index contributed by atoms with van der Waals surface area (Å²) in [5.41, 5.74) is -0.721. The van der Waals surface area contributed by atoms with E-state index in [9.17, 15) is 33.0 Å². The average molecular weight is 468 g/mol. The molecule has 0 aromatic heterocycles. The van der Waals surface area contributed by atoms with Gasteiger partial charge in [0, 0.05) is 17.3 Å². The van der Waals surface area contributed by atoms with E-state index in [1.807, 2.05) is 0 Å². The highest BCUT2D eigenvalue weighted by molar-refractivity contribution is 8.26. The maximum Gasteiger partial charge on any atom is 0.416 e. The summed E-state index contributed by atoms with van der Waals surface area (Å²) in [6.07, 6.45) is -3.19. The lowest BCUT2D eigenvalue weighted by Crippen LogP contribution is -2.44. The third-order valence-electron chi connectivity index (χ3n) is 4.35. The topological polar surface area (TPSA) is 89.9 Å². The van der Waals surface area contributed by atoms with Gasteiger partial charge in [-0.05, 0) is 43.3 Å². The minimum absolute atomic E-state index is 0.0679. The van der Waals surface area contributed by atoms with E-state index in [0.717, 1.165) is 40.9 Å². The van der Waals surface area contributed by atoms with E-state index in [1.54, 1.807) is 0 Å². The molecule has 2 aromatic rings. The summed E-state index contributed by atoms with van der Waals surface area (Å²) >= 11 is 6.10. The molecule has 1 unspecified atom stereocenters. The minimum atomic E-state index is -4.56. The summed E-state index contributed by atoms with van der Waals surface area (Å²) in [6.45, 7) is 1.40. The lowest BCUT2D eigenvalue weighted by molar-refractivity contribution is -0.137. The molecule has 31 heavy (non-hydrogen) atoms. The number of halogens is 3. The summed E-state index contributed by atoms with van der Waals surface area (Å²) in [5, 5.41) is 21.6. The number of hydrogen-bond donors (Lipinski definition) is 3. The number of thiocarbonyl (C=S) groups is 1. The largest absolute Gasteiger partial charge is 0.508 e. The van der Waals surface area contributed by atoms with Crippen LogP contribution in [0.15, 0.2) is 47.4 Å². The Morgan fingerprint density at radius 2 is 1.94 bits per heavy atom. The van der Waals surface area contributed by atoms with Gasteiger partial charge in [-0.1, -0.05) is 30.0 Å². The predicted molar refractivity (Wildman–Crippen MR) is 114 cm³/mol. The summed E-state index contributed by atoms with van der Waals surface area (Å²) in [4.78, 5) is 26.5. The fraction of sp³-hybridized carbons (Fsp3) is 0.150. The fourth-order valence-corrected chi connectivity index (χ4v) is 4.16. The molecule has 0 aliphatic carbocycles. The summed E-state index contributed by atoms with van der Waals surface area (Å²) in [5.74, 6) is -1.71.